The quantitative estimate of drug-likeness (QED) is 0.841. The van der Waals surface area contributed by atoms with Crippen LogP contribution in [0.5, 0.6) is 0 Å². The minimum Gasteiger partial charge on any atom is -0.367 e. The first kappa shape index (κ1) is 19.0. The van der Waals surface area contributed by atoms with Gasteiger partial charge in [-0.15, -0.1) is 0 Å². The third-order valence-corrected chi connectivity index (χ3v) is 4.71. The predicted molar refractivity (Wildman–Crippen MR) is 99.8 cm³/mol. The summed E-state index contributed by atoms with van der Waals surface area (Å²) < 4.78 is 26.3. The summed E-state index contributed by atoms with van der Waals surface area (Å²) in [6.45, 7) is 0. The molecule has 0 radical (unpaired) electrons. The monoisotopic (exact) mass is 375 g/mol. The average Bonchev–Trinajstić information content (AvgIpc) is 2.65. The second-order valence-electron chi connectivity index (χ2n) is 6.95. The van der Waals surface area contributed by atoms with Crippen molar-refractivity contribution in [2.24, 2.45) is 0 Å². The summed E-state index contributed by atoms with van der Waals surface area (Å²) >= 11 is 0. The molecule has 1 aromatic heterocycles. The van der Waals surface area contributed by atoms with E-state index in [2.05, 4.69) is 20.6 Å². The molecule has 1 saturated carbocycles. The molecule has 6 nitrogen and oxygen atoms in total. The highest BCUT2D eigenvalue weighted by Gasteiger charge is 2.23. The minimum absolute atomic E-state index is 0.0198. The molecule has 0 spiro atoms. The standard InChI is InChI=1S/C19H23F2N5O/c1-26(2)18-10-17(22-11-23-18)24-13-4-6-14(7-5-13)25-19(27)12-3-8-15(20)16(21)9-12/h3,8-11,13-14H,4-7H2,1-2H3,(H,25,27)(H,22,23,24). The van der Waals surface area contributed by atoms with Crippen LogP contribution < -0.4 is 15.5 Å². The van der Waals surface area contributed by atoms with Crippen LogP contribution in [0.1, 0.15) is 36.0 Å². The third kappa shape index (κ3) is 4.90. The second-order valence-corrected chi connectivity index (χ2v) is 6.95. The number of benzene rings is 1. The zero-order valence-electron chi connectivity index (χ0n) is 15.4. The summed E-state index contributed by atoms with van der Waals surface area (Å²) in [7, 11) is 3.85. The Kier molecular flexibility index (Phi) is 5.83. The highest BCUT2D eigenvalue weighted by atomic mass is 19.2. The van der Waals surface area contributed by atoms with Crippen LogP contribution in [-0.2, 0) is 0 Å². The Morgan fingerprint density at radius 3 is 2.41 bits per heavy atom. The largest absolute Gasteiger partial charge is 0.367 e. The molecule has 8 heteroatoms. The molecule has 2 aromatic rings. The van der Waals surface area contributed by atoms with Crippen LogP contribution in [0, 0.1) is 11.6 Å². The summed E-state index contributed by atoms with van der Waals surface area (Å²) in [6.07, 6.45) is 4.90. The highest BCUT2D eigenvalue weighted by Crippen LogP contribution is 2.23. The molecule has 0 bridgehead atoms. The van der Waals surface area contributed by atoms with Crippen LogP contribution in [-0.4, -0.2) is 42.1 Å². The van der Waals surface area contributed by atoms with Gasteiger partial charge in [0, 0.05) is 37.8 Å². The summed E-state index contributed by atoms with van der Waals surface area (Å²) in [5.74, 6) is -0.738. The van der Waals surface area contributed by atoms with Crippen molar-refractivity contribution < 1.29 is 13.6 Å². The van der Waals surface area contributed by atoms with E-state index in [9.17, 15) is 13.6 Å². The van der Waals surface area contributed by atoms with E-state index in [0.717, 1.165) is 49.5 Å². The number of carbonyl (C=O) groups is 1. The first-order chi connectivity index (χ1) is 12.9. The number of nitrogens with zero attached hydrogens (tertiary/aromatic N) is 3. The van der Waals surface area contributed by atoms with Gasteiger partial charge in [-0.25, -0.2) is 18.7 Å². The molecule has 0 aliphatic heterocycles. The number of aromatic nitrogens is 2. The SMILES string of the molecule is CN(C)c1cc(NC2CCC(NC(=O)c3ccc(F)c(F)c3)CC2)ncn1. The first-order valence-electron chi connectivity index (χ1n) is 8.94. The molecule has 1 aliphatic carbocycles. The summed E-state index contributed by atoms with van der Waals surface area (Å²) in [6, 6.07) is 5.37. The fourth-order valence-corrected chi connectivity index (χ4v) is 3.17. The lowest BCUT2D eigenvalue weighted by Gasteiger charge is -2.30. The van der Waals surface area contributed by atoms with E-state index in [1.807, 2.05) is 25.1 Å². The fraction of sp³-hybridized carbons (Fsp3) is 0.421. The summed E-state index contributed by atoms with van der Waals surface area (Å²) in [4.78, 5) is 22.6. The molecule has 144 valence electrons. The van der Waals surface area contributed by atoms with Crippen LogP contribution in [0.3, 0.4) is 0 Å². The maximum atomic E-state index is 13.3. The Hall–Kier alpha value is -2.77. The van der Waals surface area contributed by atoms with Gasteiger partial charge >= 0.3 is 0 Å². The predicted octanol–water partition coefficient (Wildman–Crippen LogP) is 2.97. The zero-order chi connectivity index (χ0) is 19.4. The van der Waals surface area contributed by atoms with Crippen molar-refractivity contribution in [3.63, 3.8) is 0 Å². The van der Waals surface area contributed by atoms with Gasteiger partial charge in [0.2, 0.25) is 0 Å². The lowest BCUT2D eigenvalue weighted by Crippen LogP contribution is -2.40. The van der Waals surface area contributed by atoms with Gasteiger partial charge in [-0.2, -0.15) is 0 Å². The Labute approximate surface area is 157 Å². The van der Waals surface area contributed by atoms with E-state index in [0.29, 0.717) is 0 Å². The average molecular weight is 375 g/mol. The molecule has 1 amide bonds. The normalized spacial score (nSPS) is 19.4. The topological polar surface area (TPSA) is 70.2 Å². The minimum atomic E-state index is -1.02. The Morgan fingerprint density at radius 2 is 1.74 bits per heavy atom. The molecule has 3 rings (SSSR count). The molecule has 0 saturated heterocycles. The first-order valence-corrected chi connectivity index (χ1v) is 8.94. The lowest BCUT2D eigenvalue weighted by atomic mass is 9.91. The van der Waals surface area contributed by atoms with E-state index in [4.69, 9.17) is 0 Å². The molecular formula is C19H23F2N5O. The maximum Gasteiger partial charge on any atom is 0.251 e. The Bertz CT molecular complexity index is 806. The van der Waals surface area contributed by atoms with Crippen LogP contribution >= 0.6 is 0 Å². The van der Waals surface area contributed by atoms with Crippen LogP contribution in [0.25, 0.3) is 0 Å². The summed E-state index contributed by atoms with van der Waals surface area (Å²) in [5, 5.41) is 6.32. The number of nitrogens with one attached hydrogen (secondary N) is 2. The van der Waals surface area contributed by atoms with E-state index < -0.39 is 11.6 Å². The number of amides is 1. The van der Waals surface area contributed by atoms with Crippen molar-refractivity contribution in [2.75, 3.05) is 24.3 Å². The molecule has 1 heterocycles. The zero-order valence-corrected chi connectivity index (χ0v) is 15.4. The Balaban J connectivity index is 1.50. The molecular weight excluding hydrogens is 352 g/mol. The number of anilines is 2. The maximum absolute atomic E-state index is 13.3. The van der Waals surface area contributed by atoms with Crippen molar-refractivity contribution in [3.05, 3.63) is 47.8 Å². The van der Waals surface area contributed by atoms with E-state index in [1.165, 1.54) is 12.4 Å². The molecule has 1 aliphatic rings. The van der Waals surface area contributed by atoms with Gasteiger partial charge in [0.05, 0.1) is 0 Å². The van der Waals surface area contributed by atoms with Gasteiger partial charge < -0.3 is 15.5 Å². The Morgan fingerprint density at radius 1 is 1.04 bits per heavy atom. The van der Waals surface area contributed by atoms with Crippen LogP contribution in [0.15, 0.2) is 30.6 Å². The molecule has 0 atom stereocenters. The lowest BCUT2D eigenvalue weighted by molar-refractivity contribution is 0.0926. The smallest absolute Gasteiger partial charge is 0.251 e. The highest BCUT2D eigenvalue weighted by molar-refractivity contribution is 5.94. The van der Waals surface area contributed by atoms with Gasteiger partial charge in [0.25, 0.3) is 5.91 Å². The van der Waals surface area contributed by atoms with Gasteiger partial charge in [0.15, 0.2) is 11.6 Å². The van der Waals surface area contributed by atoms with E-state index >= 15 is 0 Å². The van der Waals surface area contributed by atoms with Gasteiger partial charge in [0.1, 0.15) is 18.0 Å². The van der Waals surface area contributed by atoms with Crippen molar-refractivity contribution in [2.45, 2.75) is 37.8 Å². The molecule has 2 N–H and O–H groups in total. The fourth-order valence-electron chi connectivity index (χ4n) is 3.17. The number of rotatable bonds is 5. The number of carbonyl (C=O) groups excluding carboxylic acids is 1. The van der Waals surface area contributed by atoms with Gasteiger partial charge in [-0.05, 0) is 43.9 Å². The second kappa shape index (κ2) is 8.28. The van der Waals surface area contributed by atoms with E-state index in [1.54, 1.807) is 0 Å². The van der Waals surface area contributed by atoms with Gasteiger partial charge in [-0.3, -0.25) is 4.79 Å². The molecule has 0 unspecified atom stereocenters. The molecule has 27 heavy (non-hydrogen) atoms. The molecule has 1 fully saturated rings. The summed E-state index contributed by atoms with van der Waals surface area (Å²) in [5.41, 5.74) is 0.131. The van der Waals surface area contributed by atoms with Crippen LogP contribution in [0.2, 0.25) is 0 Å². The van der Waals surface area contributed by atoms with Crippen molar-refractivity contribution in [1.82, 2.24) is 15.3 Å². The number of hydrogen-bond donors (Lipinski definition) is 2. The molecule has 1 aromatic carbocycles. The number of halogens is 2. The van der Waals surface area contributed by atoms with E-state index in [-0.39, 0.29) is 23.6 Å². The van der Waals surface area contributed by atoms with Gasteiger partial charge in [-0.1, -0.05) is 0 Å². The number of hydrogen-bond acceptors (Lipinski definition) is 5. The van der Waals surface area contributed by atoms with Crippen LogP contribution in [0.4, 0.5) is 20.4 Å². The third-order valence-electron chi connectivity index (χ3n) is 4.71. The van der Waals surface area contributed by atoms with Crippen molar-refractivity contribution in [1.29, 1.82) is 0 Å². The van der Waals surface area contributed by atoms with Crippen molar-refractivity contribution in [3.8, 4) is 0 Å². The van der Waals surface area contributed by atoms with Crippen molar-refractivity contribution >= 4 is 17.5 Å².